The van der Waals surface area contributed by atoms with E-state index in [2.05, 4.69) is 10.4 Å². The Morgan fingerprint density at radius 2 is 1.10 bits per heavy atom. The maximum atomic E-state index is 11.8. The lowest BCUT2D eigenvalue weighted by molar-refractivity contribution is -0.133. The van der Waals surface area contributed by atoms with Crippen LogP contribution in [0.15, 0.2) is 10.4 Å². The van der Waals surface area contributed by atoms with Gasteiger partial charge in [0, 0.05) is 0 Å². The predicted octanol–water partition coefficient (Wildman–Crippen LogP) is 0.139. The Morgan fingerprint density at radius 1 is 0.800 bits per heavy atom. The van der Waals surface area contributed by atoms with Gasteiger partial charge in [-0.3, -0.25) is 9.59 Å². The van der Waals surface area contributed by atoms with Gasteiger partial charge in [0.05, 0.1) is 38.1 Å². The fraction of sp³-hybridized carbons (Fsp3) is 0.667. The molecule has 0 bridgehead atoms. The lowest BCUT2D eigenvalue weighted by Gasteiger charge is -2.20. The lowest BCUT2D eigenvalue weighted by Crippen LogP contribution is -2.34. The van der Waals surface area contributed by atoms with Crippen LogP contribution in [0.25, 0.3) is 0 Å². The van der Waals surface area contributed by atoms with Crippen molar-refractivity contribution < 1.29 is 19.8 Å². The minimum absolute atomic E-state index is 0.0243. The number of hydrogen-bond acceptors (Lipinski definition) is 6. The van der Waals surface area contributed by atoms with Gasteiger partial charge in [0.25, 0.3) is 11.8 Å². The molecule has 2 N–H and O–H groups in total. The SMILES string of the molecule is C[C](C)C(=O)N(CCO)N=NN(CCO)C(=O)[C](C)C. The van der Waals surface area contributed by atoms with Crippen molar-refractivity contribution in [2.45, 2.75) is 27.7 Å². The highest BCUT2D eigenvalue weighted by Crippen LogP contribution is 2.08. The van der Waals surface area contributed by atoms with Gasteiger partial charge in [-0.2, -0.15) is 0 Å². The largest absolute Gasteiger partial charge is 0.394 e. The molecule has 0 aliphatic carbocycles. The highest BCUT2D eigenvalue weighted by molar-refractivity contribution is 5.89. The van der Waals surface area contributed by atoms with Gasteiger partial charge in [-0.25, -0.2) is 10.0 Å². The third-order valence-electron chi connectivity index (χ3n) is 2.20. The van der Waals surface area contributed by atoms with Crippen molar-refractivity contribution in [1.29, 1.82) is 0 Å². The summed E-state index contributed by atoms with van der Waals surface area (Å²) in [6.07, 6.45) is 0. The summed E-state index contributed by atoms with van der Waals surface area (Å²) in [6.45, 7) is 5.86. The molecule has 0 heterocycles. The molecule has 0 aliphatic rings. The molecule has 0 aromatic rings. The van der Waals surface area contributed by atoms with Crippen LogP contribution in [-0.2, 0) is 9.59 Å². The van der Waals surface area contributed by atoms with E-state index >= 15 is 0 Å². The Kier molecular flexibility index (Phi) is 8.66. The first-order chi connectivity index (χ1) is 9.34. The van der Waals surface area contributed by atoms with E-state index in [1.54, 1.807) is 27.7 Å². The first-order valence-corrected chi connectivity index (χ1v) is 6.22. The van der Waals surface area contributed by atoms with Crippen LogP contribution >= 0.6 is 0 Å². The molecule has 0 saturated carbocycles. The van der Waals surface area contributed by atoms with Crippen LogP contribution in [0.5, 0.6) is 0 Å². The lowest BCUT2D eigenvalue weighted by atomic mass is 10.2. The fourth-order valence-electron chi connectivity index (χ4n) is 1.18. The summed E-state index contributed by atoms with van der Waals surface area (Å²) in [5, 5.41) is 27.1. The van der Waals surface area contributed by atoms with E-state index in [1.807, 2.05) is 0 Å². The second kappa shape index (κ2) is 9.38. The van der Waals surface area contributed by atoms with Crippen LogP contribution in [0, 0.1) is 11.8 Å². The second-order valence-electron chi connectivity index (χ2n) is 4.48. The number of nitrogens with zero attached hydrogens (tertiary/aromatic N) is 4. The molecule has 0 rings (SSSR count). The minimum atomic E-state index is -0.392. The maximum absolute atomic E-state index is 11.8. The van der Waals surface area contributed by atoms with Crippen molar-refractivity contribution in [1.82, 2.24) is 10.0 Å². The molecule has 8 nitrogen and oxygen atoms in total. The zero-order chi connectivity index (χ0) is 15.7. The van der Waals surface area contributed by atoms with Crippen molar-refractivity contribution in [2.24, 2.45) is 10.4 Å². The molecule has 0 spiro atoms. The Labute approximate surface area is 119 Å². The van der Waals surface area contributed by atoms with Crippen molar-refractivity contribution in [3.8, 4) is 0 Å². The van der Waals surface area contributed by atoms with E-state index in [9.17, 15) is 9.59 Å². The van der Waals surface area contributed by atoms with Crippen LogP contribution in [0.3, 0.4) is 0 Å². The van der Waals surface area contributed by atoms with Crippen LogP contribution in [-0.4, -0.2) is 58.3 Å². The molecule has 20 heavy (non-hydrogen) atoms. The van der Waals surface area contributed by atoms with Crippen LogP contribution < -0.4 is 0 Å². The zero-order valence-electron chi connectivity index (χ0n) is 12.3. The molecule has 2 amide bonds. The smallest absolute Gasteiger partial charge is 0.250 e. The highest BCUT2D eigenvalue weighted by Gasteiger charge is 2.20. The monoisotopic (exact) mass is 286 g/mol. The molecular weight excluding hydrogens is 264 g/mol. The first kappa shape index (κ1) is 18.5. The third-order valence-corrected chi connectivity index (χ3v) is 2.20. The van der Waals surface area contributed by atoms with E-state index < -0.39 is 11.8 Å². The summed E-state index contributed by atoms with van der Waals surface area (Å²) < 4.78 is 0. The molecule has 0 aromatic heterocycles. The zero-order valence-corrected chi connectivity index (χ0v) is 12.3. The Bertz CT molecular complexity index is 312. The quantitative estimate of drug-likeness (QED) is 0.489. The summed E-state index contributed by atoms with van der Waals surface area (Å²) in [6, 6.07) is 0. The summed E-state index contributed by atoms with van der Waals surface area (Å²) in [5.74, 6) is 0.180. The molecule has 0 unspecified atom stereocenters. The molecular formula is C12H22N4O4. The molecule has 0 aromatic carbocycles. The number of aliphatic hydroxyl groups excluding tert-OH is 2. The Morgan fingerprint density at radius 3 is 1.30 bits per heavy atom. The van der Waals surface area contributed by atoms with Crippen molar-refractivity contribution in [2.75, 3.05) is 26.3 Å². The first-order valence-electron chi connectivity index (χ1n) is 6.22. The summed E-state index contributed by atoms with van der Waals surface area (Å²) in [7, 11) is 0. The number of rotatable bonds is 8. The summed E-state index contributed by atoms with van der Waals surface area (Å²) >= 11 is 0. The van der Waals surface area contributed by atoms with E-state index in [4.69, 9.17) is 10.2 Å². The maximum Gasteiger partial charge on any atom is 0.250 e. The fourth-order valence-corrected chi connectivity index (χ4v) is 1.18. The van der Waals surface area contributed by atoms with Crippen LogP contribution in [0.4, 0.5) is 0 Å². The van der Waals surface area contributed by atoms with Crippen molar-refractivity contribution in [3.63, 3.8) is 0 Å². The molecule has 0 saturated heterocycles. The van der Waals surface area contributed by atoms with Gasteiger partial charge in [-0.15, -0.1) is 0 Å². The molecule has 114 valence electrons. The van der Waals surface area contributed by atoms with Gasteiger partial charge in [0.15, 0.2) is 0 Å². The standard InChI is InChI=1S/C12H22N4O4/c1-9(2)11(19)15(5-7-17)13-14-16(6-8-18)12(20)10(3)4/h17-18H,5-8H2,1-4H3. The average molecular weight is 286 g/mol. The third kappa shape index (κ3) is 6.07. The number of aliphatic hydroxyl groups is 2. The summed E-state index contributed by atoms with van der Waals surface area (Å²) in [5.41, 5.74) is 0. The van der Waals surface area contributed by atoms with Gasteiger partial charge in [-0.1, -0.05) is 0 Å². The predicted molar refractivity (Wildman–Crippen MR) is 71.6 cm³/mol. The Balaban J connectivity index is 4.94. The molecule has 0 fully saturated rings. The Hall–Kier alpha value is -1.54. The van der Waals surface area contributed by atoms with Gasteiger partial charge in [0.1, 0.15) is 0 Å². The second-order valence-corrected chi connectivity index (χ2v) is 4.48. The number of hydrogen-bond donors (Lipinski definition) is 2. The van der Waals surface area contributed by atoms with Gasteiger partial charge >= 0.3 is 0 Å². The number of amides is 2. The van der Waals surface area contributed by atoms with E-state index in [0.717, 1.165) is 10.0 Å². The van der Waals surface area contributed by atoms with Crippen LogP contribution in [0.2, 0.25) is 0 Å². The number of carbonyl (C=O) groups is 2. The molecule has 0 aliphatic heterocycles. The highest BCUT2D eigenvalue weighted by atomic mass is 16.3. The normalized spacial score (nSPS) is 11.4. The number of carbonyl (C=O) groups excluding carboxylic acids is 2. The minimum Gasteiger partial charge on any atom is -0.394 e. The average Bonchev–Trinajstić information content (AvgIpc) is 2.39. The molecule has 2 radical (unpaired) electrons. The van der Waals surface area contributed by atoms with Gasteiger partial charge < -0.3 is 10.2 Å². The van der Waals surface area contributed by atoms with Crippen LogP contribution in [0.1, 0.15) is 27.7 Å². The molecule has 8 heteroatoms. The van der Waals surface area contributed by atoms with Gasteiger partial charge in [-0.05, 0) is 38.1 Å². The van der Waals surface area contributed by atoms with E-state index in [1.165, 1.54) is 0 Å². The topological polar surface area (TPSA) is 106 Å². The summed E-state index contributed by atoms with van der Waals surface area (Å²) in [4.78, 5) is 23.5. The van der Waals surface area contributed by atoms with Crippen molar-refractivity contribution in [3.05, 3.63) is 11.8 Å². The molecule has 0 atom stereocenters. The van der Waals surface area contributed by atoms with Crippen molar-refractivity contribution >= 4 is 11.8 Å². The van der Waals surface area contributed by atoms with E-state index in [-0.39, 0.29) is 26.3 Å². The van der Waals surface area contributed by atoms with E-state index in [0.29, 0.717) is 11.8 Å². The van der Waals surface area contributed by atoms with Gasteiger partial charge in [0.2, 0.25) is 0 Å².